The molecule has 0 spiro atoms. The van der Waals surface area contributed by atoms with Crippen LogP contribution in [0.25, 0.3) is 0 Å². The van der Waals surface area contributed by atoms with Crippen molar-refractivity contribution in [1.29, 1.82) is 0 Å². The van der Waals surface area contributed by atoms with Crippen LogP contribution in [0.1, 0.15) is 59.3 Å². The van der Waals surface area contributed by atoms with Crippen LogP contribution in [-0.2, 0) is 0 Å². The molecule has 0 N–H and O–H groups in total. The highest BCUT2D eigenvalue weighted by molar-refractivity contribution is 5.51. The molecule has 76 valence electrons. The molecule has 1 heterocycles. The predicted octanol–water partition coefficient (Wildman–Crippen LogP) is 3.22. The minimum Gasteiger partial charge on any atom is -0.235 e. The van der Waals surface area contributed by atoms with Crippen molar-refractivity contribution in [3.63, 3.8) is 0 Å². The van der Waals surface area contributed by atoms with Crippen LogP contribution in [0.15, 0.2) is 0 Å². The van der Waals surface area contributed by atoms with Gasteiger partial charge < -0.3 is 0 Å². The Hall–Kier alpha value is -0.330. The molecule has 0 saturated carbocycles. The Labute approximate surface area is 82.9 Å². The van der Waals surface area contributed by atoms with Crippen LogP contribution < -0.4 is 0 Å². The van der Waals surface area contributed by atoms with Gasteiger partial charge in [0.05, 0.1) is 0 Å². The number of rotatable bonds is 0. The molecule has 13 heavy (non-hydrogen) atoms. The van der Waals surface area contributed by atoms with Gasteiger partial charge in [0.1, 0.15) is 12.8 Å². The molecule has 1 nitrogen and oxygen atoms in total. The SMILES string of the molecule is CC(C)(C)[N+]1=CCCCCCCC1. The first-order chi connectivity index (χ1) is 6.11. The van der Waals surface area contributed by atoms with Crippen LogP contribution in [0.2, 0.25) is 0 Å². The monoisotopic (exact) mass is 182 g/mol. The second-order valence-corrected chi connectivity index (χ2v) is 5.10. The summed E-state index contributed by atoms with van der Waals surface area (Å²) in [4.78, 5) is 0. The summed E-state index contributed by atoms with van der Waals surface area (Å²) in [6.07, 6.45) is 10.7. The third-order valence-corrected chi connectivity index (χ3v) is 2.81. The Morgan fingerprint density at radius 3 is 2.23 bits per heavy atom. The first-order valence-electron chi connectivity index (χ1n) is 5.71. The average Bonchev–Trinajstić information content (AvgIpc) is 2.14. The summed E-state index contributed by atoms with van der Waals surface area (Å²) < 4.78 is 2.53. The van der Waals surface area contributed by atoms with Crippen molar-refractivity contribution < 1.29 is 4.58 Å². The maximum Gasteiger partial charge on any atom is 0.153 e. The van der Waals surface area contributed by atoms with E-state index in [1.165, 1.54) is 45.1 Å². The van der Waals surface area contributed by atoms with Gasteiger partial charge >= 0.3 is 0 Å². The fourth-order valence-electron chi connectivity index (χ4n) is 1.90. The van der Waals surface area contributed by atoms with E-state index in [2.05, 4.69) is 31.6 Å². The maximum absolute atomic E-state index is 2.53. The minimum atomic E-state index is 0.324. The molecule has 1 aliphatic heterocycles. The van der Waals surface area contributed by atoms with E-state index in [-0.39, 0.29) is 0 Å². The zero-order valence-electron chi connectivity index (χ0n) is 9.47. The predicted molar refractivity (Wildman–Crippen MR) is 58.6 cm³/mol. The molecule has 1 heteroatoms. The Kier molecular flexibility index (Phi) is 3.95. The summed E-state index contributed by atoms with van der Waals surface area (Å²) in [5.41, 5.74) is 0.324. The van der Waals surface area contributed by atoms with Gasteiger partial charge in [0.15, 0.2) is 5.54 Å². The van der Waals surface area contributed by atoms with Crippen LogP contribution >= 0.6 is 0 Å². The second kappa shape index (κ2) is 4.78. The highest BCUT2D eigenvalue weighted by atomic mass is 15.1. The van der Waals surface area contributed by atoms with Gasteiger partial charge in [-0.1, -0.05) is 12.8 Å². The normalized spacial score (nSPS) is 21.3. The van der Waals surface area contributed by atoms with Gasteiger partial charge in [-0.3, -0.25) is 0 Å². The lowest BCUT2D eigenvalue weighted by atomic mass is 10.1. The standard InChI is InChI=1S/C12H24N/c1-12(2,3)13-10-8-6-4-5-7-9-11-13/h10H,4-9,11H2,1-3H3/q+1. The molecule has 0 aliphatic carbocycles. The summed E-state index contributed by atoms with van der Waals surface area (Å²) >= 11 is 0. The van der Waals surface area contributed by atoms with Gasteiger partial charge in [0.25, 0.3) is 0 Å². The van der Waals surface area contributed by atoms with Gasteiger partial charge in [0.2, 0.25) is 0 Å². The quantitative estimate of drug-likeness (QED) is 0.506. The lowest BCUT2D eigenvalue weighted by Crippen LogP contribution is -2.34. The molecular weight excluding hydrogens is 158 g/mol. The van der Waals surface area contributed by atoms with E-state index in [1.807, 2.05) is 0 Å². The van der Waals surface area contributed by atoms with Crippen molar-refractivity contribution in [2.75, 3.05) is 6.54 Å². The smallest absolute Gasteiger partial charge is 0.153 e. The van der Waals surface area contributed by atoms with Crippen LogP contribution in [0.4, 0.5) is 0 Å². The van der Waals surface area contributed by atoms with Gasteiger partial charge in [-0.2, -0.15) is 0 Å². The minimum absolute atomic E-state index is 0.324. The third kappa shape index (κ3) is 3.93. The second-order valence-electron chi connectivity index (χ2n) is 5.10. The largest absolute Gasteiger partial charge is 0.235 e. The molecule has 0 fully saturated rings. The summed E-state index contributed by atoms with van der Waals surface area (Å²) in [6.45, 7) is 8.17. The average molecular weight is 182 g/mol. The molecule has 0 amide bonds. The van der Waals surface area contributed by atoms with Crippen LogP contribution in [0, 0.1) is 0 Å². The number of hydrogen-bond acceptors (Lipinski definition) is 0. The Morgan fingerprint density at radius 2 is 1.54 bits per heavy atom. The van der Waals surface area contributed by atoms with E-state index < -0.39 is 0 Å². The molecule has 0 aromatic heterocycles. The molecule has 1 rings (SSSR count). The van der Waals surface area contributed by atoms with E-state index in [4.69, 9.17) is 0 Å². The Bertz CT molecular complexity index is 174. The summed E-state index contributed by atoms with van der Waals surface area (Å²) in [6, 6.07) is 0. The topological polar surface area (TPSA) is 3.01 Å². The Balaban J connectivity index is 2.57. The molecule has 0 aromatic carbocycles. The molecule has 0 radical (unpaired) electrons. The lowest BCUT2D eigenvalue weighted by molar-refractivity contribution is -0.594. The van der Waals surface area contributed by atoms with Crippen LogP contribution in [-0.4, -0.2) is 22.9 Å². The van der Waals surface area contributed by atoms with E-state index in [0.29, 0.717) is 5.54 Å². The van der Waals surface area contributed by atoms with Crippen molar-refractivity contribution in [3.8, 4) is 0 Å². The fraction of sp³-hybridized carbons (Fsp3) is 0.917. The molecule has 1 aliphatic rings. The van der Waals surface area contributed by atoms with Crippen molar-refractivity contribution in [3.05, 3.63) is 0 Å². The van der Waals surface area contributed by atoms with E-state index in [9.17, 15) is 0 Å². The molecule has 0 atom stereocenters. The van der Waals surface area contributed by atoms with E-state index >= 15 is 0 Å². The van der Waals surface area contributed by atoms with Crippen molar-refractivity contribution >= 4 is 6.21 Å². The van der Waals surface area contributed by atoms with Crippen molar-refractivity contribution in [2.24, 2.45) is 0 Å². The molecule has 0 bridgehead atoms. The van der Waals surface area contributed by atoms with E-state index in [0.717, 1.165) is 0 Å². The Morgan fingerprint density at radius 1 is 0.923 bits per heavy atom. The van der Waals surface area contributed by atoms with Gasteiger partial charge in [0, 0.05) is 12.8 Å². The molecule has 0 saturated heterocycles. The highest BCUT2D eigenvalue weighted by Gasteiger charge is 2.23. The molecular formula is C12H24N+. The fourth-order valence-corrected chi connectivity index (χ4v) is 1.90. The van der Waals surface area contributed by atoms with Gasteiger partial charge in [-0.05, 0) is 33.6 Å². The van der Waals surface area contributed by atoms with Crippen LogP contribution in [0.3, 0.4) is 0 Å². The first kappa shape index (κ1) is 10.7. The zero-order valence-corrected chi connectivity index (χ0v) is 9.47. The molecule has 0 unspecified atom stereocenters. The first-order valence-corrected chi connectivity index (χ1v) is 5.71. The summed E-state index contributed by atoms with van der Waals surface area (Å²) in [7, 11) is 0. The number of hydrogen-bond donors (Lipinski definition) is 0. The lowest BCUT2D eigenvalue weighted by Gasteiger charge is -2.17. The number of nitrogens with zero attached hydrogens (tertiary/aromatic N) is 1. The van der Waals surface area contributed by atoms with Crippen molar-refractivity contribution in [1.82, 2.24) is 0 Å². The van der Waals surface area contributed by atoms with Crippen molar-refractivity contribution in [2.45, 2.75) is 64.8 Å². The van der Waals surface area contributed by atoms with Crippen LogP contribution in [0.5, 0.6) is 0 Å². The molecule has 0 aromatic rings. The summed E-state index contributed by atoms with van der Waals surface area (Å²) in [5, 5.41) is 0. The summed E-state index contributed by atoms with van der Waals surface area (Å²) in [5.74, 6) is 0. The highest BCUT2D eigenvalue weighted by Crippen LogP contribution is 2.12. The third-order valence-electron chi connectivity index (χ3n) is 2.81. The van der Waals surface area contributed by atoms with Gasteiger partial charge in [-0.15, -0.1) is 0 Å². The van der Waals surface area contributed by atoms with Gasteiger partial charge in [-0.25, -0.2) is 4.58 Å². The van der Waals surface area contributed by atoms with E-state index in [1.54, 1.807) is 0 Å². The zero-order chi connectivity index (χ0) is 9.73. The maximum atomic E-state index is 2.53.